The topological polar surface area (TPSA) is 66.3 Å². The summed E-state index contributed by atoms with van der Waals surface area (Å²) in [6.07, 6.45) is 0. The number of hydrogen-bond acceptors (Lipinski definition) is 4. The zero-order valence-electron chi connectivity index (χ0n) is 18.7. The van der Waals surface area contributed by atoms with Crippen molar-refractivity contribution in [3.05, 3.63) is 70.4 Å². The van der Waals surface area contributed by atoms with Crippen molar-refractivity contribution in [3.8, 4) is 17.6 Å². The van der Waals surface area contributed by atoms with Crippen molar-refractivity contribution in [2.75, 3.05) is 6.61 Å². The number of aryl methyl sites for hydroxylation is 1. The second-order valence-electron chi connectivity index (χ2n) is 8.60. The van der Waals surface area contributed by atoms with Crippen molar-refractivity contribution in [2.24, 2.45) is 5.41 Å². The summed E-state index contributed by atoms with van der Waals surface area (Å²) in [4.78, 5) is 0. The SMILES string of the molecule is CCOc1cc([C@H]2NC(=S)NC(C(C)(C)C)=C2C#N)ccc1OCc1cccc(C)c1. The number of nitriles is 1. The fourth-order valence-corrected chi connectivity index (χ4v) is 3.80. The summed E-state index contributed by atoms with van der Waals surface area (Å²) in [7, 11) is 0. The number of ether oxygens (including phenoxy) is 2. The third kappa shape index (κ3) is 5.36. The van der Waals surface area contributed by atoms with Crippen molar-refractivity contribution in [2.45, 2.75) is 47.3 Å². The highest BCUT2D eigenvalue weighted by atomic mass is 32.1. The van der Waals surface area contributed by atoms with Crippen molar-refractivity contribution in [3.63, 3.8) is 0 Å². The zero-order valence-corrected chi connectivity index (χ0v) is 19.5. The van der Waals surface area contributed by atoms with Gasteiger partial charge in [-0.15, -0.1) is 0 Å². The summed E-state index contributed by atoms with van der Waals surface area (Å²) in [6.45, 7) is 11.1. The van der Waals surface area contributed by atoms with Gasteiger partial charge in [-0.25, -0.2) is 0 Å². The van der Waals surface area contributed by atoms with E-state index in [2.05, 4.69) is 56.5 Å². The lowest BCUT2D eigenvalue weighted by atomic mass is 9.84. The van der Waals surface area contributed by atoms with E-state index < -0.39 is 0 Å². The smallest absolute Gasteiger partial charge is 0.171 e. The highest BCUT2D eigenvalue weighted by Crippen LogP contribution is 2.37. The van der Waals surface area contributed by atoms with Crippen LogP contribution in [0.25, 0.3) is 0 Å². The number of hydrogen-bond donors (Lipinski definition) is 2. The first kappa shape index (κ1) is 22.6. The molecule has 5 nitrogen and oxygen atoms in total. The molecular formula is C25H29N3O2S. The van der Waals surface area contributed by atoms with Crippen molar-refractivity contribution >= 4 is 17.3 Å². The van der Waals surface area contributed by atoms with Crippen molar-refractivity contribution in [1.82, 2.24) is 10.6 Å². The molecule has 0 spiro atoms. The molecule has 0 unspecified atom stereocenters. The minimum atomic E-state index is -0.349. The Hall–Kier alpha value is -3.04. The predicted octanol–water partition coefficient (Wildman–Crippen LogP) is 5.32. The highest BCUT2D eigenvalue weighted by Gasteiger charge is 2.32. The van der Waals surface area contributed by atoms with E-state index in [0.29, 0.717) is 35.4 Å². The second-order valence-corrected chi connectivity index (χ2v) is 9.01. The number of nitrogens with one attached hydrogen (secondary N) is 2. The number of thiocarbonyl (C=S) groups is 1. The van der Waals surface area contributed by atoms with E-state index in [1.54, 1.807) is 0 Å². The molecule has 0 saturated carbocycles. The van der Waals surface area contributed by atoms with Crippen LogP contribution in [-0.4, -0.2) is 11.7 Å². The molecule has 0 aromatic heterocycles. The van der Waals surface area contributed by atoms with Gasteiger partial charge >= 0.3 is 0 Å². The van der Waals surface area contributed by atoms with E-state index in [1.165, 1.54) is 5.56 Å². The largest absolute Gasteiger partial charge is 0.490 e. The first-order valence-corrected chi connectivity index (χ1v) is 10.8. The molecule has 0 aliphatic carbocycles. The summed E-state index contributed by atoms with van der Waals surface area (Å²) >= 11 is 5.42. The standard InChI is InChI=1S/C25H29N3O2S/c1-6-29-21-13-18(10-11-20(21)30-15-17-9-7-8-16(2)12-17)22-19(14-26)23(25(3,4)5)28-24(31)27-22/h7-13,22H,6,15H2,1-5H3,(H2,27,28,31)/t22-/m1/s1. The number of rotatable bonds is 6. The average Bonchev–Trinajstić information content (AvgIpc) is 2.72. The van der Waals surface area contributed by atoms with Crippen LogP contribution in [0.1, 0.15) is 50.4 Å². The molecule has 0 radical (unpaired) electrons. The van der Waals surface area contributed by atoms with Gasteiger partial charge in [0.05, 0.1) is 24.3 Å². The van der Waals surface area contributed by atoms with E-state index in [4.69, 9.17) is 21.7 Å². The maximum absolute atomic E-state index is 9.92. The van der Waals surface area contributed by atoms with Crippen LogP contribution in [0.15, 0.2) is 53.7 Å². The predicted molar refractivity (Wildman–Crippen MR) is 127 cm³/mol. The third-order valence-electron chi connectivity index (χ3n) is 5.02. The summed E-state index contributed by atoms with van der Waals surface area (Å²) in [6, 6.07) is 16.0. The molecule has 2 N–H and O–H groups in total. The van der Waals surface area contributed by atoms with Gasteiger partial charge in [0.25, 0.3) is 0 Å². The highest BCUT2D eigenvalue weighted by molar-refractivity contribution is 7.80. The van der Waals surface area contributed by atoms with E-state index in [0.717, 1.165) is 16.8 Å². The molecule has 2 aromatic rings. The van der Waals surface area contributed by atoms with Crippen LogP contribution >= 0.6 is 12.2 Å². The molecule has 3 rings (SSSR count). The molecular weight excluding hydrogens is 406 g/mol. The quantitative estimate of drug-likeness (QED) is 0.599. The van der Waals surface area contributed by atoms with E-state index in [1.807, 2.05) is 37.3 Å². The summed E-state index contributed by atoms with van der Waals surface area (Å²) < 4.78 is 11.9. The van der Waals surface area contributed by atoms with Gasteiger partial charge in [0.15, 0.2) is 16.6 Å². The van der Waals surface area contributed by atoms with Gasteiger partial charge in [-0.3, -0.25) is 0 Å². The molecule has 6 heteroatoms. The lowest BCUT2D eigenvalue weighted by Gasteiger charge is -2.35. The fourth-order valence-electron chi connectivity index (χ4n) is 3.58. The summed E-state index contributed by atoms with van der Waals surface area (Å²) in [5.41, 5.74) is 4.41. The Kier molecular flexibility index (Phi) is 6.87. The molecule has 2 aromatic carbocycles. The van der Waals surface area contributed by atoms with Gasteiger partial charge in [-0.1, -0.05) is 56.7 Å². The van der Waals surface area contributed by atoms with Gasteiger partial charge in [0.2, 0.25) is 0 Å². The normalized spacial score (nSPS) is 16.3. The van der Waals surface area contributed by atoms with Crippen molar-refractivity contribution in [1.29, 1.82) is 5.26 Å². The Labute approximate surface area is 190 Å². The Morgan fingerprint density at radius 3 is 2.52 bits per heavy atom. The van der Waals surface area contributed by atoms with E-state index in [-0.39, 0.29) is 11.5 Å². The number of allylic oxidation sites excluding steroid dienone is 1. The summed E-state index contributed by atoms with van der Waals surface area (Å²) in [5.74, 6) is 1.32. The minimum absolute atomic E-state index is 0.241. The zero-order chi connectivity index (χ0) is 22.6. The van der Waals surface area contributed by atoms with Crippen LogP contribution < -0.4 is 20.1 Å². The van der Waals surface area contributed by atoms with E-state index in [9.17, 15) is 5.26 Å². The van der Waals surface area contributed by atoms with Crippen LogP contribution in [0.4, 0.5) is 0 Å². The van der Waals surface area contributed by atoms with Crippen LogP contribution in [-0.2, 0) is 6.61 Å². The molecule has 31 heavy (non-hydrogen) atoms. The van der Waals surface area contributed by atoms with Gasteiger partial charge < -0.3 is 20.1 Å². The van der Waals surface area contributed by atoms with Gasteiger partial charge in [0.1, 0.15) is 6.61 Å². The monoisotopic (exact) mass is 435 g/mol. The molecule has 162 valence electrons. The first-order valence-electron chi connectivity index (χ1n) is 10.4. The van der Waals surface area contributed by atoms with Gasteiger partial charge in [-0.2, -0.15) is 5.26 Å². The Morgan fingerprint density at radius 1 is 1.10 bits per heavy atom. The number of nitrogens with zero attached hydrogens (tertiary/aromatic N) is 1. The van der Waals surface area contributed by atoms with Crippen molar-refractivity contribution < 1.29 is 9.47 Å². The van der Waals surface area contributed by atoms with E-state index >= 15 is 0 Å². The Balaban J connectivity index is 1.94. The average molecular weight is 436 g/mol. The maximum Gasteiger partial charge on any atom is 0.171 e. The third-order valence-corrected chi connectivity index (χ3v) is 5.24. The minimum Gasteiger partial charge on any atom is -0.490 e. The maximum atomic E-state index is 9.92. The lowest BCUT2D eigenvalue weighted by molar-refractivity contribution is 0.269. The molecule has 1 aliphatic rings. The summed E-state index contributed by atoms with van der Waals surface area (Å²) in [5, 5.41) is 16.8. The lowest BCUT2D eigenvalue weighted by Crippen LogP contribution is -2.46. The molecule has 0 saturated heterocycles. The molecule has 1 heterocycles. The van der Waals surface area contributed by atoms with Crippen LogP contribution in [0, 0.1) is 23.7 Å². The van der Waals surface area contributed by atoms with Crippen LogP contribution in [0.2, 0.25) is 0 Å². The fraction of sp³-hybridized carbons (Fsp3) is 0.360. The Bertz CT molecular complexity index is 1050. The van der Waals surface area contributed by atoms with Gasteiger partial charge in [-0.05, 0) is 49.3 Å². The molecule has 1 aliphatic heterocycles. The number of benzene rings is 2. The second kappa shape index (κ2) is 9.40. The van der Waals surface area contributed by atoms with Gasteiger partial charge in [0, 0.05) is 11.1 Å². The molecule has 1 atom stereocenters. The Morgan fingerprint density at radius 2 is 1.87 bits per heavy atom. The molecule has 0 bridgehead atoms. The first-order chi connectivity index (χ1) is 14.7. The molecule has 0 amide bonds. The molecule has 0 fully saturated rings. The van der Waals surface area contributed by atoms with Crippen LogP contribution in [0.5, 0.6) is 11.5 Å². The van der Waals surface area contributed by atoms with Crippen LogP contribution in [0.3, 0.4) is 0 Å².